The van der Waals surface area contributed by atoms with Gasteiger partial charge in [-0.3, -0.25) is 9.59 Å². The standard InChI is InChI=1S/C10H21NO.C10H20O2.CH4/c1-9(2,3)8(12)7-11-10(4,5)6;1-9(2,3)8(11)7-12-10(4,5)6;/h11H,7H2,1-6H3;7H2,1-6H3;1H4. The second kappa shape index (κ2) is 10.4. The largest absolute Gasteiger partial charge is 0.368 e. The molecule has 0 spiro atoms. The maximum atomic E-state index is 11.4. The highest BCUT2D eigenvalue weighted by molar-refractivity contribution is 5.85. The van der Waals surface area contributed by atoms with E-state index in [1.54, 1.807) is 0 Å². The minimum absolute atomic E-state index is 0. The molecule has 0 saturated carbocycles. The van der Waals surface area contributed by atoms with Crippen molar-refractivity contribution in [2.75, 3.05) is 13.2 Å². The highest BCUT2D eigenvalue weighted by Crippen LogP contribution is 2.16. The van der Waals surface area contributed by atoms with Gasteiger partial charge in [-0.2, -0.15) is 0 Å². The molecule has 1 N–H and O–H groups in total. The van der Waals surface area contributed by atoms with Crippen LogP contribution in [0.3, 0.4) is 0 Å². The van der Waals surface area contributed by atoms with Crippen LogP contribution in [-0.2, 0) is 14.3 Å². The van der Waals surface area contributed by atoms with Crippen molar-refractivity contribution in [1.29, 1.82) is 0 Å². The molecule has 0 amide bonds. The van der Waals surface area contributed by atoms with E-state index in [2.05, 4.69) is 26.1 Å². The summed E-state index contributed by atoms with van der Waals surface area (Å²) in [4.78, 5) is 22.8. The lowest BCUT2D eigenvalue weighted by Crippen LogP contribution is -2.42. The molecule has 0 aliphatic heterocycles. The molecule has 4 nitrogen and oxygen atoms in total. The van der Waals surface area contributed by atoms with E-state index in [0.29, 0.717) is 6.54 Å². The van der Waals surface area contributed by atoms with Crippen molar-refractivity contribution in [1.82, 2.24) is 5.32 Å². The third-order valence-electron chi connectivity index (χ3n) is 3.09. The van der Waals surface area contributed by atoms with Gasteiger partial charge in [0.25, 0.3) is 0 Å². The van der Waals surface area contributed by atoms with Crippen molar-refractivity contribution in [2.24, 2.45) is 10.8 Å². The minimum atomic E-state index is -0.286. The van der Waals surface area contributed by atoms with E-state index in [9.17, 15) is 9.59 Å². The molecule has 0 aromatic rings. The summed E-state index contributed by atoms with van der Waals surface area (Å²) in [5, 5.41) is 3.18. The molecule has 0 fully saturated rings. The summed E-state index contributed by atoms with van der Waals surface area (Å²) in [6.07, 6.45) is 0. The van der Waals surface area contributed by atoms with E-state index in [1.807, 2.05) is 62.3 Å². The van der Waals surface area contributed by atoms with Gasteiger partial charge >= 0.3 is 0 Å². The molecular formula is C21H45NO3. The summed E-state index contributed by atoms with van der Waals surface area (Å²) >= 11 is 0. The van der Waals surface area contributed by atoms with E-state index < -0.39 is 0 Å². The summed E-state index contributed by atoms with van der Waals surface area (Å²) in [7, 11) is 0. The summed E-state index contributed by atoms with van der Waals surface area (Å²) in [6.45, 7) is 24.2. The van der Waals surface area contributed by atoms with Crippen LogP contribution in [0.5, 0.6) is 0 Å². The van der Waals surface area contributed by atoms with E-state index in [0.717, 1.165) is 0 Å². The second-order valence-electron chi connectivity index (χ2n) is 10.4. The zero-order valence-electron chi connectivity index (χ0n) is 18.1. The SMILES string of the molecule is C.CC(C)(C)NCC(=O)C(C)(C)C.CC(C)(C)OCC(=O)C(C)(C)C. The molecule has 0 saturated heterocycles. The van der Waals surface area contributed by atoms with Crippen molar-refractivity contribution in [2.45, 2.75) is 102 Å². The average Bonchev–Trinajstić information content (AvgIpc) is 2.29. The molecule has 0 rings (SSSR count). The van der Waals surface area contributed by atoms with Crippen LogP contribution in [0.2, 0.25) is 0 Å². The first-order chi connectivity index (χ1) is 10.3. The number of hydrogen-bond acceptors (Lipinski definition) is 4. The van der Waals surface area contributed by atoms with Gasteiger partial charge in [-0.1, -0.05) is 49.0 Å². The highest BCUT2D eigenvalue weighted by Gasteiger charge is 2.23. The predicted octanol–water partition coefficient (Wildman–Crippen LogP) is 5.04. The Morgan fingerprint density at radius 2 is 1.08 bits per heavy atom. The summed E-state index contributed by atoms with van der Waals surface area (Å²) in [5.41, 5.74) is -0.703. The average molecular weight is 360 g/mol. The van der Waals surface area contributed by atoms with E-state index >= 15 is 0 Å². The summed E-state index contributed by atoms with van der Waals surface area (Å²) in [6, 6.07) is 0. The van der Waals surface area contributed by atoms with Gasteiger partial charge in [0.2, 0.25) is 0 Å². The number of hydrogen-bond donors (Lipinski definition) is 1. The molecule has 0 aromatic heterocycles. The zero-order chi connectivity index (χ0) is 20.0. The molecule has 0 aromatic carbocycles. The smallest absolute Gasteiger partial charge is 0.163 e. The normalized spacial score (nSPS) is 12.6. The molecule has 0 heterocycles. The highest BCUT2D eigenvalue weighted by atomic mass is 16.5. The number of carbonyl (C=O) groups is 2. The van der Waals surface area contributed by atoms with Crippen LogP contribution >= 0.6 is 0 Å². The van der Waals surface area contributed by atoms with E-state index in [1.165, 1.54) is 0 Å². The van der Waals surface area contributed by atoms with E-state index in [4.69, 9.17) is 4.74 Å². The van der Waals surface area contributed by atoms with Crippen LogP contribution in [-0.4, -0.2) is 35.9 Å². The molecule has 152 valence electrons. The third-order valence-corrected chi connectivity index (χ3v) is 3.09. The molecule has 0 radical (unpaired) electrons. The quantitative estimate of drug-likeness (QED) is 0.764. The molecule has 0 aliphatic rings. The fourth-order valence-electron chi connectivity index (χ4n) is 1.11. The Labute approximate surface area is 157 Å². The fourth-order valence-corrected chi connectivity index (χ4v) is 1.11. The van der Waals surface area contributed by atoms with Crippen molar-refractivity contribution in [3.63, 3.8) is 0 Å². The number of nitrogens with one attached hydrogen (secondary N) is 1. The first-order valence-corrected chi connectivity index (χ1v) is 8.71. The van der Waals surface area contributed by atoms with Gasteiger partial charge in [-0.15, -0.1) is 0 Å². The van der Waals surface area contributed by atoms with Crippen LogP contribution in [0.1, 0.15) is 90.5 Å². The summed E-state index contributed by atoms with van der Waals surface area (Å²) < 4.78 is 5.37. The van der Waals surface area contributed by atoms with Crippen molar-refractivity contribution in [3.8, 4) is 0 Å². The van der Waals surface area contributed by atoms with Crippen LogP contribution in [0.15, 0.2) is 0 Å². The number of rotatable bonds is 4. The first-order valence-electron chi connectivity index (χ1n) is 8.71. The van der Waals surface area contributed by atoms with Crippen molar-refractivity contribution in [3.05, 3.63) is 0 Å². The van der Waals surface area contributed by atoms with Gasteiger partial charge in [0.15, 0.2) is 11.6 Å². The van der Waals surface area contributed by atoms with Gasteiger partial charge in [0.1, 0.15) is 6.61 Å². The van der Waals surface area contributed by atoms with Gasteiger partial charge < -0.3 is 10.1 Å². The summed E-state index contributed by atoms with van der Waals surface area (Å²) in [5.74, 6) is 0.412. The monoisotopic (exact) mass is 359 g/mol. The van der Waals surface area contributed by atoms with E-state index in [-0.39, 0.29) is 47.6 Å². The lowest BCUT2D eigenvalue weighted by Gasteiger charge is -2.23. The Bertz CT molecular complexity index is 359. The van der Waals surface area contributed by atoms with Crippen LogP contribution in [0.25, 0.3) is 0 Å². The van der Waals surface area contributed by atoms with Crippen LogP contribution in [0, 0.1) is 10.8 Å². The molecule has 0 atom stereocenters. The Balaban J connectivity index is -0.000000372. The molecule has 0 unspecified atom stereocenters. The van der Waals surface area contributed by atoms with Gasteiger partial charge in [0.05, 0.1) is 12.1 Å². The Kier molecular flexibility index (Phi) is 12.1. The maximum absolute atomic E-state index is 11.4. The van der Waals surface area contributed by atoms with Gasteiger partial charge in [-0.05, 0) is 41.5 Å². The van der Waals surface area contributed by atoms with Gasteiger partial charge in [-0.25, -0.2) is 0 Å². The Morgan fingerprint density at radius 3 is 1.32 bits per heavy atom. The Morgan fingerprint density at radius 1 is 0.720 bits per heavy atom. The lowest BCUT2D eigenvalue weighted by atomic mass is 9.90. The van der Waals surface area contributed by atoms with Gasteiger partial charge in [0, 0.05) is 16.4 Å². The predicted molar refractivity (Wildman–Crippen MR) is 109 cm³/mol. The minimum Gasteiger partial charge on any atom is -0.368 e. The second-order valence-corrected chi connectivity index (χ2v) is 10.4. The fraction of sp³-hybridized carbons (Fsp3) is 0.905. The van der Waals surface area contributed by atoms with Crippen LogP contribution < -0.4 is 5.32 Å². The lowest BCUT2D eigenvalue weighted by molar-refractivity contribution is -0.135. The molecule has 0 bridgehead atoms. The number of ether oxygens (including phenoxy) is 1. The number of carbonyl (C=O) groups excluding carboxylic acids is 2. The topological polar surface area (TPSA) is 55.4 Å². The maximum Gasteiger partial charge on any atom is 0.163 e. The third kappa shape index (κ3) is 19.4. The van der Waals surface area contributed by atoms with Crippen LogP contribution in [0.4, 0.5) is 0 Å². The Hall–Kier alpha value is -0.740. The zero-order valence-corrected chi connectivity index (χ0v) is 18.1. The number of Topliss-reactive ketones (excluding diaryl/α,β-unsaturated/α-hetero) is 2. The molecule has 4 heteroatoms. The first kappa shape index (κ1) is 29.0. The van der Waals surface area contributed by atoms with Crippen molar-refractivity contribution >= 4 is 11.6 Å². The van der Waals surface area contributed by atoms with Crippen molar-refractivity contribution < 1.29 is 14.3 Å². The molecule has 25 heavy (non-hydrogen) atoms. The molecule has 0 aliphatic carbocycles. The number of ketones is 2. The molecular weight excluding hydrogens is 314 g/mol.